The van der Waals surface area contributed by atoms with E-state index >= 15 is 0 Å². The van der Waals surface area contributed by atoms with E-state index in [4.69, 9.17) is 6.42 Å². The molecular formula is C11H19NS. The zero-order valence-corrected chi connectivity index (χ0v) is 9.44. The third kappa shape index (κ3) is 3.62. The van der Waals surface area contributed by atoms with Gasteiger partial charge in [0, 0.05) is 37.1 Å². The fourth-order valence-electron chi connectivity index (χ4n) is 1.56. The van der Waals surface area contributed by atoms with Crippen LogP contribution in [-0.4, -0.2) is 35.5 Å². The molecule has 0 saturated carbocycles. The Bertz CT molecular complexity index is 183. The summed E-state index contributed by atoms with van der Waals surface area (Å²) < 4.78 is 0. The molecule has 1 nitrogen and oxygen atoms in total. The fraction of sp³-hybridized carbons (Fsp3) is 0.818. The topological polar surface area (TPSA) is 3.24 Å². The number of nitrogens with zero attached hydrogens (tertiary/aromatic N) is 1. The van der Waals surface area contributed by atoms with Gasteiger partial charge in [0.1, 0.15) is 0 Å². The molecule has 1 saturated heterocycles. The molecule has 0 amide bonds. The van der Waals surface area contributed by atoms with Crippen molar-refractivity contribution >= 4 is 11.8 Å². The normalized spacial score (nSPS) is 24.6. The van der Waals surface area contributed by atoms with Crippen LogP contribution in [0.2, 0.25) is 0 Å². The van der Waals surface area contributed by atoms with Gasteiger partial charge in [-0.1, -0.05) is 13.8 Å². The van der Waals surface area contributed by atoms with Crippen molar-refractivity contribution in [3.8, 4) is 12.3 Å². The molecule has 1 unspecified atom stereocenters. The SMILES string of the molecule is C#CCCN1CCSC(C(C)C)C1. The van der Waals surface area contributed by atoms with Gasteiger partial charge in [0.15, 0.2) is 0 Å². The molecule has 0 spiro atoms. The highest BCUT2D eigenvalue weighted by Gasteiger charge is 2.21. The van der Waals surface area contributed by atoms with E-state index in [9.17, 15) is 0 Å². The van der Waals surface area contributed by atoms with E-state index in [0.717, 1.165) is 24.1 Å². The van der Waals surface area contributed by atoms with Gasteiger partial charge in [-0.15, -0.1) is 12.3 Å². The zero-order chi connectivity index (χ0) is 9.68. The second kappa shape index (κ2) is 5.57. The van der Waals surface area contributed by atoms with Crippen LogP contribution in [-0.2, 0) is 0 Å². The maximum Gasteiger partial charge on any atom is 0.0214 e. The van der Waals surface area contributed by atoms with Gasteiger partial charge in [-0.25, -0.2) is 0 Å². The highest BCUT2D eigenvalue weighted by atomic mass is 32.2. The van der Waals surface area contributed by atoms with Crippen molar-refractivity contribution in [2.75, 3.05) is 25.4 Å². The molecule has 0 bridgehead atoms. The smallest absolute Gasteiger partial charge is 0.0214 e. The molecule has 1 aliphatic heterocycles. The largest absolute Gasteiger partial charge is 0.300 e. The molecule has 1 rings (SSSR count). The molecule has 1 aliphatic rings. The predicted octanol–water partition coefficient (Wildman–Crippen LogP) is 2.08. The molecule has 1 heterocycles. The van der Waals surface area contributed by atoms with Crippen LogP contribution in [0.15, 0.2) is 0 Å². The molecule has 13 heavy (non-hydrogen) atoms. The highest BCUT2D eigenvalue weighted by Crippen LogP contribution is 2.24. The summed E-state index contributed by atoms with van der Waals surface area (Å²) in [6, 6.07) is 0. The molecule has 2 heteroatoms. The number of hydrogen-bond donors (Lipinski definition) is 0. The lowest BCUT2D eigenvalue weighted by Gasteiger charge is -2.33. The van der Waals surface area contributed by atoms with E-state index in [0.29, 0.717) is 0 Å². The van der Waals surface area contributed by atoms with Gasteiger partial charge in [0.2, 0.25) is 0 Å². The van der Waals surface area contributed by atoms with Crippen LogP contribution in [0, 0.1) is 18.3 Å². The molecule has 0 aromatic carbocycles. The molecule has 0 N–H and O–H groups in total. The minimum atomic E-state index is 0.790. The van der Waals surface area contributed by atoms with Crippen LogP contribution >= 0.6 is 11.8 Å². The number of terminal acetylenes is 1. The summed E-state index contributed by atoms with van der Waals surface area (Å²) in [5, 5.41) is 0.812. The molecule has 0 radical (unpaired) electrons. The summed E-state index contributed by atoms with van der Waals surface area (Å²) in [4.78, 5) is 2.50. The Labute approximate surface area is 86.3 Å². The lowest BCUT2D eigenvalue weighted by atomic mass is 10.1. The monoisotopic (exact) mass is 197 g/mol. The summed E-state index contributed by atoms with van der Waals surface area (Å²) >= 11 is 2.12. The second-order valence-electron chi connectivity index (χ2n) is 3.91. The van der Waals surface area contributed by atoms with Crippen molar-refractivity contribution in [3.05, 3.63) is 0 Å². The lowest BCUT2D eigenvalue weighted by molar-refractivity contribution is 0.274. The number of thioether (sulfide) groups is 1. The highest BCUT2D eigenvalue weighted by molar-refractivity contribution is 8.00. The van der Waals surface area contributed by atoms with E-state index in [2.05, 4.69) is 36.4 Å². The van der Waals surface area contributed by atoms with Crippen molar-refractivity contribution in [3.63, 3.8) is 0 Å². The first-order chi connectivity index (χ1) is 6.24. The standard InChI is InChI=1S/C11H19NS/c1-4-5-6-12-7-8-13-11(9-12)10(2)3/h1,10-11H,5-9H2,2-3H3. The molecule has 0 aromatic heterocycles. The maximum absolute atomic E-state index is 5.26. The number of hydrogen-bond acceptors (Lipinski definition) is 2. The number of rotatable bonds is 3. The summed E-state index contributed by atoms with van der Waals surface area (Å²) in [5.74, 6) is 4.77. The van der Waals surface area contributed by atoms with Gasteiger partial charge in [-0.2, -0.15) is 11.8 Å². The van der Waals surface area contributed by atoms with E-state index in [1.807, 2.05) is 0 Å². The van der Waals surface area contributed by atoms with Gasteiger partial charge in [-0.05, 0) is 5.92 Å². The third-order valence-electron chi connectivity index (χ3n) is 2.49. The molecule has 0 aliphatic carbocycles. The van der Waals surface area contributed by atoms with Gasteiger partial charge < -0.3 is 4.90 Å². The van der Waals surface area contributed by atoms with Crippen LogP contribution in [0.25, 0.3) is 0 Å². The second-order valence-corrected chi connectivity index (χ2v) is 5.26. The van der Waals surface area contributed by atoms with Crippen molar-refractivity contribution in [2.24, 2.45) is 5.92 Å². The van der Waals surface area contributed by atoms with Crippen molar-refractivity contribution in [1.82, 2.24) is 4.90 Å². The average Bonchev–Trinajstić information content (AvgIpc) is 2.15. The van der Waals surface area contributed by atoms with E-state index in [1.54, 1.807) is 0 Å². The minimum absolute atomic E-state index is 0.790. The Balaban J connectivity index is 2.29. The Morgan fingerprint density at radius 2 is 2.38 bits per heavy atom. The van der Waals surface area contributed by atoms with Gasteiger partial charge in [0.25, 0.3) is 0 Å². The predicted molar refractivity (Wildman–Crippen MR) is 61.0 cm³/mol. The van der Waals surface area contributed by atoms with Gasteiger partial charge in [0.05, 0.1) is 0 Å². The van der Waals surface area contributed by atoms with Crippen LogP contribution in [0.5, 0.6) is 0 Å². The first-order valence-corrected chi connectivity index (χ1v) is 6.06. The van der Waals surface area contributed by atoms with E-state index < -0.39 is 0 Å². The first-order valence-electron chi connectivity index (χ1n) is 5.01. The Kier molecular flexibility index (Phi) is 4.69. The Morgan fingerprint density at radius 1 is 1.62 bits per heavy atom. The van der Waals surface area contributed by atoms with E-state index in [-0.39, 0.29) is 0 Å². The van der Waals surface area contributed by atoms with Crippen LogP contribution in [0.1, 0.15) is 20.3 Å². The quantitative estimate of drug-likeness (QED) is 0.637. The molecular weight excluding hydrogens is 178 g/mol. The fourth-order valence-corrected chi connectivity index (χ4v) is 2.93. The van der Waals surface area contributed by atoms with Crippen molar-refractivity contribution in [2.45, 2.75) is 25.5 Å². The van der Waals surface area contributed by atoms with Crippen LogP contribution in [0.3, 0.4) is 0 Å². The molecule has 74 valence electrons. The van der Waals surface area contributed by atoms with Crippen LogP contribution in [0.4, 0.5) is 0 Å². The van der Waals surface area contributed by atoms with Gasteiger partial charge in [-0.3, -0.25) is 0 Å². The molecule has 1 fully saturated rings. The molecule has 1 atom stereocenters. The lowest BCUT2D eigenvalue weighted by Crippen LogP contribution is -2.40. The third-order valence-corrected chi connectivity index (χ3v) is 4.03. The summed E-state index contributed by atoms with van der Waals surface area (Å²) in [5.41, 5.74) is 0. The Hall–Kier alpha value is -0.130. The van der Waals surface area contributed by atoms with E-state index in [1.165, 1.54) is 18.8 Å². The first kappa shape index (κ1) is 10.9. The van der Waals surface area contributed by atoms with Crippen LogP contribution < -0.4 is 0 Å². The summed E-state index contributed by atoms with van der Waals surface area (Å²) in [6.07, 6.45) is 6.16. The van der Waals surface area contributed by atoms with Crippen molar-refractivity contribution < 1.29 is 0 Å². The Morgan fingerprint density at radius 3 is 3.00 bits per heavy atom. The molecule has 0 aromatic rings. The summed E-state index contributed by atoms with van der Waals surface area (Å²) in [7, 11) is 0. The van der Waals surface area contributed by atoms with Crippen molar-refractivity contribution in [1.29, 1.82) is 0 Å². The zero-order valence-electron chi connectivity index (χ0n) is 8.62. The average molecular weight is 197 g/mol. The minimum Gasteiger partial charge on any atom is -0.300 e. The van der Waals surface area contributed by atoms with Gasteiger partial charge >= 0.3 is 0 Å². The maximum atomic E-state index is 5.26. The summed E-state index contributed by atoms with van der Waals surface area (Å²) in [6.45, 7) is 8.14.